The molecule has 1 saturated heterocycles. The lowest BCUT2D eigenvalue weighted by Gasteiger charge is -2.25. The van der Waals surface area contributed by atoms with E-state index < -0.39 is 17.7 Å². The number of rotatable bonds is 7. The Morgan fingerprint density at radius 2 is 1.81 bits per heavy atom. The largest absolute Gasteiger partial charge is 0.507 e. The minimum Gasteiger partial charge on any atom is -0.507 e. The molecular weight excluding hydrogens is 474 g/mol. The van der Waals surface area contributed by atoms with Gasteiger partial charge in [0, 0.05) is 35.5 Å². The van der Waals surface area contributed by atoms with Gasteiger partial charge < -0.3 is 19.3 Å². The van der Waals surface area contributed by atoms with E-state index in [1.807, 2.05) is 35.0 Å². The molecule has 7 nitrogen and oxygen atoms in total. The highest BCUT2D eigenvalue weighted by atomic mass is 79.9. The van der Waals surface area contributed by atoms with Crippen LogP contribution in [0.3, 0.4) is 0 Å². The zero-order valence-electron chi connectivity index (χ0n) is 17.4. The van der Waals surface area contributed by atoms with Gasteiger partial charge in [-0.25, -0.2) is 4.98 Å². The van der Waals surface area contributed by atoms with Gasteiger partial charge in [-0.15, -0.1) is 0 Å². The van der Waals surface area contributed by atoms with E-state index in [9.17, 15) is 14.7 Å². The maximum atomic E-state index is 13.0. The van der Waals surface area contributed by atoms with Crippen LogP contribution in [-0.2, 0) is 16.1 Å². The van der Waals surface area contributed by atoms with Crippen molar-refractivity contribution in [3.63, 3.8) is 0 Å². The Labute approximate surface area is 194 Å². The van der Waals surface area contributed by atoms with Crippen LogP contribution in [0.15, 0.2) is 77.3 Å². The minimum absolute atomic E-state index is 0.0881. The Morgan fingerprint density at radius 1 is 1.09 bits per heavy atom. The number of amides is 1. The van der Waals surface area contributed by atoms with E-state index in [1.165, 1.54) is 4.90 Å². The molecule has 1 N–H and O–H groups in total. The van der Waals surface area contributed by atoms with Gasteiger partial charge >= 0.3 is 0 Å². The molecule has 8 heteroatoms. The second kappa shape index (κ2) is 9.40. The number of carbonyl (C=O) groups excluding carboxylic acids is 2. The fourth-order valence-corrected chi connectivity index (χ4v) is 4.11. The number of Topliss-reactive ketones (excluding diaryl/α,β-unsaturated/α-hetero) is 1. The van der Waals surface area contributed by atoms with Crippen molar-refractivity contribution in [1.29, 1.82) is 0 Å². The normalized spacial score (nSPS) is 17.7. The molecule has 0 saturated carbocycles. The summed E-state index contributed by atoms with van der Waals surface area (Å²) in [5.74, 6) is -0.866. The predicted octanol–water partition coefficient (Wildman–Crippen LogP) is 4.17. The molecule has 4 rings (SSSR count). The zero-order valence-corrected chi connectivity index (χ0v) is 19.0. The molecular formula is C24H22BrN3O4. The Bertz CT molecular complexity index is 1140. The molecule has 1 atom stereocenters. The summed E-state index contributed by atoms with van der Waals surface area (Å²) in [7, 11) is 1.55. The number of aliphatic hydroxyl groups excluding tert-OH is 1. The maximum absolute atomic E-state index is 13.0. The third-order valence-corrected chi connectivity index (χ3v) is 5.99. The average molecular weight is 496 g/mol. The van der Waals surface area contributed by atoms with Crippen LogP contribution < -0.4 is 4.74 Å². The number of ether oxygens (including phenoxy) is 1. The van der Waals surface area contributed by atoms with Crippen LogP contribution in [0.25, 0.3) is 5.76 Å². The lowest BCUT2D eigenvalue weighted by Crippen LogP contribution is -2.31. The Morgan fingerprint density at radius 3 is 2.44 bits per heavy atom. The SMILES string of the molecule is COc1ccc(/C(O)=C2\C(=O)C(=O)N(CCCn3ccnc3)[C@@H]2c2ccc(Br)cc2)cc1. The first kappa shape index (κ1) is 21.8. The molecule has 32 heavy (non-hydrogen) atoms. The standard InChI is InChI=1S/C24H22BrN3O4/c1-32-19-9-5-17(6-10-19)22(29)20-21(16-3-7-18(25)8-4-16)28(24(31)23(20)30)13-2-12-27-14-11-26-15-27/h3-11,14-15,21,29H,2,12-13H2,1H3/b22-20+/t21-/m1/s1. The average Bonchev–Trinajstić information content (AvgIpc) is 3.41. The number of benzene rings is 2. The summed E-state index contributed by atoms with van der Waals surface area (Å²) in [6.07, 6.45) is 5.90. The second-order valence-corrected chi connectivity index (χ2v) is 8.34. The first-order chi connectivity index (χ1) is 15.5. The van der Waals surface area contributed by atoms with Crippen molar-refractivity contribution in [1.82, 2.24) is 14.5 Å². The first-order valence-electron chi connectivity index (χ1n) is 10.1. The van der Waals surface area contributed by atoms with Crippen LogP contribution in [0.4, 0.5) is 0 Å². The van der Waals surface area contributed by atoms with Gasteiger partial charge in [-0.1, -0.05) is 28.1 Å². The molecule has 0 bridgehead atoms. The summed E-state index contributed by atoms with van der Waals surface area (Å²) in [6, 6.07) is 13.5. The van der Waals surface area contributed by atoms with Gasteiger partial charge in [0.25, 0.3) is 11.7 Å². The molecule has 1 aromatic heterocycles. The molecule has 0 unspecified atom stereocenters. The molecule has 164 valence electrons. The van der Waals surface area contributed by atoms with Crippen molar-refractivity contribution in [2.75, 3.05) is 13.7 Å². The smallest absolute Gasteiger partial charge is 0.295 e. The third-order valence-electron chi connectivity index (χ3n) is 5.46. The molecule has 0 aliphatic carbocycles. The number of ketones is 1. The van der Waals surface area contributed by atoms with Crippen molar-refractivity contribution >= 4 is 33.4 Å². The number of aliphatic hydroxyl groups is 1. The monoisotopic (exact) mass is 495 g/mol. The number of nitrogens with zero attached hydrogens (tertiary/aromatic N) is 3. The molecule has 3 aromatic rings. The van der Waals surface area contributed by atoms with E-state index in [0.717, 1.165) is 10.0 Å². The number of aromatic nitrogens is 2. The molecule has 1 aliphatic rings. The topological polar surface area (TPSA) is 84.7 Å². The summed E-state index contributed by atoms with van der Waals surface area (Å²) >= 11 is 3.42. The van der Waals surface area contributed by atoms with Gasteiger partial charge in [-0.05, 0) is 48.4 Å². The summed E-state index contributed by atoms with van der Waals surface area (Å²) in [5.41, 5.74) is 1.29. The summed E-state index contributed by atoms with van der Waals surface area (Å²) < 4.78 is 7.97. The molecule has 1 aliphatic heterocycles. The number of methoxy groups -OCH3 is 1. The molecule has 0 radical (unpaired) electrons. The predicted molar refractivity (Wildman–Crippen MR) is 123 cm³/mol. The quantitative estimate of drug-likeness (QED) is 0.302. The summed E-state index contributed by atoms with van der Waals surface area (Å²) in [4.78, 5) is 31.6. The van der Waals surface area contributed by atoms with Gasteiger partial charge in [0.1, 0.15) is 11.5 Å². The number of hydrogen-bond acceptors (Lipinski definition) is 5. The number of imidazole rings is 1. The number of carbonyl (C=O) groups is 2. The van der Waals surface area contributed by atoms with Crippen molar-refractivity contribution < 1.29 is 19.4 Å². The van der Waals surface area contributed by atoms with Crippen molar-refractivity contribution in [2.24, 2.45) is 0 Å². The van der Waals surface area contributed by atoms with Crippen LogP contribution >= 0.6 is 15.9 Å². The van der Waals surface area contributed by atoms with Crippen LogP contribution in [0.2, 0.25) is 0 Å². The molecule has 2 heterocycles. The summed E-state index contributed by atoms with van der Waals surface area (Å²) in [5, 5.41) is 11.1. The van der Waals surface area contributed by atoms with E-state index in [2.05, 4.69) is 20.9 Å². The van der Waals surface area contributed by atoms with E-state index in [1.54, 1.807) is 43.9 Å². The third kappa shape index (κ3) is 4.31. The summed E-state index contributed by atoms with van der Waals surface area (Å²) in [6.45, 7) is 1.03. The van der Waals surface area contributed by atoms with E-state index >= 15 is 0 Å². The van der Waals surface area contributed by atoms with E-state index in [-0.39, 0.29) is 11.3 Å². The fourth-order valence-electron chi connectivity index (χ4n) is 3.85. The van der Waals surface area contributed by atoms with Crippen molar-refractivity contribution in [2.45, 2.75) is 19.0 Å². The van der Waals surface area contributed by atoms with Gasteiger partial charge in [0.2, 0.25) is 0 Å². The van der Waals surface area contributed by atoms with Crippen LogP contribution in [0.1, 0.15) is 23.6 Å². The Balaban J connectivity index is 1.71. The second-order valence-electron chi connectivity index (χ2n) is 7.43. The highest BCUT2D eigenvalue weighted by molar-refractivity contribution is 9.10. The van der Waals surface area contributed by atoms with Gasteiger partial charge in [0.05, 0.1) is 25.1 Å². The number of likely N-dealkylation sites (tertiary alicyclic amines) is 1. The zero-order chi connectivity index (χ0) is 22.7. The van der Waals surface area contributed by atoms with Gasteiger partial charge in [-0.3, -0.25) is 9.59 Å². The Kier molecular flexibility index (Phi) is 6.41. The van der Waals surface area contributed by atoms with Crippen LogP contribution in [0, 0.1) is 0 Å². The molecule has 2 aromatic carbocycles. The molecule has 1 amide bonds. The van der Waals surface area contributed by atoms with Crippen molar-refractivity contribution in [3.8, 4) is 5.75 Å². The van der Waals surface area contributed by atoms with Gasteiger partial charge in [0.15, 0.2) is 0 Å². The van der Waals surface area contributed by atoms with E-state index in [0.29, 0.717) is 30.8 Å². The number of aryl methyl sites for hydroxylation is 1. The maximum Gasteiger partial charge on any atom is 0.295 e. The Hall–Kier alpha value is -3.39. The minimum atomic E-state index is -0.686. The number of hydrogen-bond donors (Lipinski definition) is 1. The van der Waals surface area contributed by atoms with Crippen LogP contribution in [0.5, 0.6) is 5.75 Å². The van der Waals surface area contributed by atoms with Crippen molar-refractivity contribution in [3.05, 3.63) is 88.4 Å². The highest BCUT2D eigenvalue weighted by Crippen LogP contribution is 2.40. The van der Waals surface area contributed by atoms with Gasteiger partial charge in [-0.2, -0.15) is 0 Å². The fraction of sp³-hybridized carbons (Fsp3) is 0.208. The lowest BCUT2D eigenvalue weighted by atomic mass is 9.95. The number of halogens is 1. The first-order valence-corrected chi connectivity index (χ1v) is 10.9. The van der Waals surface area contributed by atoms with Crippen LogP contribution in [-0.4, -0.2) is 44.9 Å². The van der Waals surface area contributed by atoms with E-state index in [4.69, 9.17) is 4.74 Å². The molecule has 0 spiro atoms. The highest BCUT2D eigenvalue weighted by Gasteiger charge is 2.45. The molecule has 1 fully saturated rings. The lowest BCUT2D eigenvalue weighted by molar-refractivity contribution is -0.139.